The lowest BCUT2D eigenvalue weighted by Gasteiger charge is -2.11. The number of ether oxygens (including phenoxy) is 2. The number of rotatable bonds is 5. The van der Waals surface area contributed by atoms with E-state index in [2.05, 4.69) is 30.9 Å². The van der Waals surface area contributed by atoms with Crippen LogP contribution < -0.4 is 25.4 Å². The first kappa shape index (κ1) is 19.4. The van der Waals surface area contributed by atoms with E-state index >= 15 is 0 Å². The van der Waals surface area contributed by atoms with Crippen molar-refractivity contribution in [2.24, 2.45) is 0 Å². The van der Waals surface area contributed by atoms with Crippen molar-refractivity contribution >= 4 is 28.9 Å². The molecule has 0 spiro atoms. The van der Waals surface area contributed by atoms with E-state index in [1.807, 2.05) is 35.9 Å². The Labute approximate surface area is 183 Å². The zero-order chi connectivity index (χ0) is 21.9. The zero-order valence-electron chi connectivity index (χ0n) is 17.1. The van der Waals surface area contributed by atoms with Gasteiger partial charge in [0.2, 0.25) is 6.79 Å². The van der Waals surface area contributed by atoms with Crippen LogP contribution in [0.1, 0.15) is 5.82 Å². The third-order valence-corrected chi connectivity index (χ3v) is 4.64. The van der Waals surface area contributed by atoms with E-state index in [1.165, 1.54) is 0 Å². The SMILES string of the molecule is Cc1nc(Nc2ccc(NC(=O)Nc3ccc4c(c3)OCO4)cc2)cc(-n2ccnc2)n1. The van der Waals surface area contributed by atoms with Crippen molar-refractivity contribution in [3.8, 4) is 17.3 Å². The Morgan fingerprint density at radius 2 is 1.69 bits per heavy atom. The molecular weight excluding hydrogens is 410 g/mol. The highest BCUT2D eigenvalue weighted by Gasteiger charge is 2.14. The number of nitrogens with zero attached hydrogens (tertiary/aromatic N) is 4. The van der Waals surface area contributed by atoms with Crippen LogP contribution in [0.4, 0.5) is 27.7 Å². The fraction of sp³-hybridized carbons (Fsp3) is 0.0909. The molecule has 1 aliphatic rings. The normalized spacial score (nSPS) is 11.8. The zero-order valence-corrected chi connectivity index (χ0v) is 17.1. The van der Waals surface area contributed by atoms with E-state index in [0.29, 0.717) is 34.5 Å². The van der Waals surface area contributed by atoms with Crippen LogP contribution >= 0.6 is 0 Å². The molecule has 0 fully saturated rings. The number of fused-ring (bicyclic) bond motifs is 1. The minimum absolute atomic E-state index is 0.185. The molecule has 0 saturated heterocycles. The lowest BCUT2D eigenvalue weighted by molar-refractivity contribution is 0.174. The van der Waals surface area contributed by atoms with Crippen molar-refractivity contribution in [1.82, 2.24) is 19.5 Å². The molecule has 0 unspecified atom stereocenters. The van der Waals surface area contributed by atoms with Crippen molar-refractivity contribution < 1.29 is 14.3 Å². The maximum absolute atomic E-state index is 12.3. The number of anilines is 4. The molecule has 2 amide bonds. The van der Waals surface area contributed by atoms with Gasteiger partial charge in [-0.05, 0) is 43.3 Å². The third-order valence-electron chi connectivity index (χ3n) is 4.64. The van der Waals surface area contributed by atoms with Crippen molar-refractivity contribution in [2.75, 3.05) is 22.7 Å². The number of hydrogen-bond acceptors (Lipinski definition) is 7. The Balaban J connectivity index is 1.22. The molecule has 0 aliphatic carbocycles. The van der Waals surface area contributed by atoms with E-state index in [1.54, 1.807) is 42.9 Å². The first-order valence-electron chi connectivity index (χ1n) is 9.81. The second-order valence-corrected chi connectivity index (χ2v) is 6.98. The number of aryl methyl sites for hydroxylation is 1. The fourth-order valence-corrected chi connectivity index (χ4v) is 3.20. The van der Waals surface area contributed by atoms with Gasteiger partial charge in [0.05, 0.1) is 0 Å². The highest BCUT2D eigenvalue weighted by Crippen LogP contribution is 2.34. The van der Waals surface area contributed by atoms with E-state index in [4.69, 9.17) is 9.47 Å². The Morgan fingerprint density at radius 3 is 2.50 bits per heavy atom. The predicted octanol–water partition coefficient (Wildman–Crippen LogP) is 4.09. The molecule has 160 valence electrons. The lowest BCUT2D eigenvalue weighted by atomic mass is 10.2. The summed E-state index contributed by atoms with van der Waals surface area (Å²) in [6.45, 7) is 2.02. The van der Waals surface area contributed by atoms with E-state index in [-0.39, 0.29) is 12.8 Å². The molecule has 4 aromatic rings. The Morgan fingerprint density at radius 1 is 0.938 bits per heavy atom. The van der Waals surface area contributed by atoms with Crippen LogP contribution in [0.25, 0.3) is 5.82 Å². The lowest BCUT2D eigenvalue weighted by Crippen LogP contribution is -2.19. The summed E-state index contributed by atoms with van der Waals surface area (Å²) in [4.78, 5) is 25.2. The van der Waals surface area contributed by atoms with Gasteiger partial charge < -0.3 is 25.4 Å². The maximum atomic E-state index is 12.3. The van der Waals surface area contributed by atoms with Crippen LogP contribution in [0.2, 0.25) is 0 Å². The van der Waals surface area contributed by atoms with E-state index in [9.17, 15) is 4.79 Å². The monoisotopic (exact) mass is 429 g/mol. The number of carbonyl (C=O) groups is 1. The average Bonchev–Trinajstić information content (AvgIpc) is 3.46. The van der Waals surface area contributed by atoms with Gasteiger partial charge in [0.15, 0.2) is 11.5 Å². The minimum atomic E-state index is -0.360. The van der Waals surface area contributed by atoms with Gasteiger partial charge in [-0.15, -0.1) is 0 Å². The number of aromatic nitrogens is 4. The first-order valence-corrected chi connectivity index (χ1v) is 9.81. The third kappa shape index (κ3) is 4.29. The standard InChI is InChI=1S/C22H19N7O3/c1-14-24-20(11-21(25-14)29-9-8-23-12-29)26-15-2-4-16(5-3-15)27-22(30)28-17-6-7-18-19(10-17)32-13-31-18/h2-12H,13H2,1H3,(H,24,25,26)(H2,27,28,30). The fourth-order valence-electron chi connectivity index (χ4n) is 3.20. The molecule has 0 atom stereocenters. The predicted molar refractivity (Wildman–Crippen MR) is 119 cm³/mol. The molecule has 3 heterocycles. The van der Waals surface area contributed by atoms with E-state index < -0.39 is 0 Å². The number of amides is 2. The Kier molecular flexibility index (Phi) is 5.00. The molecule has 10 nitrogen and oxygen atoms in total. The van der Waals surface area contributed by atoms with Crippen molar-refractivity contribution in [2.45, 2.75) is 6.92 Å². The summed E-state index contributed by atoms with van der Waals surface area (Å²) < 4.78 is 12.4. The summed E-state index contributed by atoms with van der Waals surface area (Å²) in [5.41, 5.74) is 2.08. The van der Waals surface area contributed by atoms with Crippen LogP contribution in [0.3, 0.4) is 0 Å². The Bertz CT molecular complexity index is 1260. The largest absolute Gasteiger partial charge is 0.454 e. The maximum Gasteiger partial charge on any atom is 0.323 e. The number of benzene rings is 2. The molecular formula is C22H19N7O3. The number of imidazole rings is 1. The van der Waals surface area contributed by atoms with Gasteiger partial charge in [-0.1, -0.05) is 0 Å². The van der Waals surface area contributed by atoms with Gasteiger partial charge in [0.1, 0.15) is 23.8 Å². The highest BCUT2D eigenvalue weighted by molar-refractivity contribution is 6.00. The minimum Gasteiger partial charge on any atom is -0.454 e. The van der Waals surface area contributed by atoms with Crippen molar-refractivity contribution in [1.29, 1.82) is 0 Å². The van der Waals surface area contributed by atoms with Crippen LogP contribution in [-0.4, -0.2) is 32.3 Å². The number of carbonyl (C=O) groups excluding carboxylic acids is 1. The topological polar surface area (TPSA) is 115 Å². The van der Waals surface area contributed by atoms with Gasteiger partial charge in [0.25, 0.3) is 0 Å². The Hall–Kier alpha value is -4.60. The highest BCUT2D eigenvalue weighted by atomic mass is 16.7. The molecule has 1 aliphatic heterocycles. The quantitative estimate of drug-likeness (QED) is 0.438. The summed E-state index contributed by atoms with van der Waals surface area (Å²) >= 11 is 0. The van der Waals surface area contributed by atoms with Crippen molar-refractivity contribution in [3.05, 3.63) is 73.1 Å². The van der Waals surface area contributed by atoms with Gasteiger partial charge in [0, 0.05) is 41.6 Å². The van der Waals surface area contributed by atoms with Crippen LogP contribution in [0.15, 0.2) is 67.3 Å². The van der Waals surface area contributed by atoms with Gasteiger partial charge in [-0.25, -0.2) is 19.7 Å². The molecule has 2 aromatic heterocycles. The number of urea groups is 1. The van der Waals surface area contributed by atoms with Gasteiger partial charge in [-0.3, -0.25) is 4.57 Å². The second kappa shape index (κ2) is 8.26. The smallest absolute Gasteiger partial charge is 0.323 e. The van der Waals surface area contributed by atoms with Gasteiger partial charge >= 0.3 is 6.03 Å². The second-order valence-electron chi connectivity index (χ2n) is 6.98. The summed E-state index contributed by atoms with van der Waals surface area (Å²) in [6.07, 6.45) is 5.19. The van der Waals surface area contributed by atoms with Crippen LogP contribution in [0.5, 0.6) is 11.5 Å². The summed E-state index contributed by atoms with van der Waals surface area (Å²) in [6, 6.07) is 14.0. The molecule has 32 heavy (non-hydrogen) atoms. The molecule has 0 saturated carbocycles. The van der Waals surface area contributed by atoms with Crippen molar-refractivity contribution in [3.63, 3.8) is 0 Å². The summed E-state index contributed by atoms with van der Waals surface area (Å²) in [7, 11) is 0. The van der Waals surface area contributed by atoms with Crippen LogP contribution in [-0.2, 0) is 0 Å². The summed E-state index contributed by atoms with van der Waals surface area (Å²) in [5, 5.41) is 8.83. The van der Waals surface area contributed by atoms with Gasteiger partial charge in [-0.2, -0.15) is 0 Å². The number of nitrogens with one attached hydrogen (secondary N) is 3. The number of hydrogen-bond donors (Lipinski definition) is 3. The first-order chi connectivity index (χ1) is 15.6. The molecule has 10 heteroatoms. The molecule has 0 radical (unpaired) electrons. The molecule has 2 aromatic carbocycles. The average molecular weight is 429 g/mol. The molecule has 0 bridgehead atoms. The van der Waals surface area contributed by atoms with Crippen LogP contribution in [0, 0.1) is 6.92 Å². The molecule has 5 rings (SSSR count). The summed E-state index contributed by atoms with van der Waals surface area (Å²) in [5.74, 6) is 3.28. The van der Waals surface area contributed by atoms with E-state index in [0.717, 1.165) is 11.5 Å². The molecule has 3 N–H and O–H groups in total.